The Hall–Kier alpha value is -3.20. The van der Waals surface area contributed by atoms with Gasteiger partial charge in [0.25, 0.3) is 0 Å². The first kappa shape index (κ1) is 22.3. The van der Waals surface area contributed by atoms with Crippen LogP contribution in [0.15, 0.2) is 53.5 Å². The van der Waals surface area contributed by atoms with E-state index in [1.165, 1.54) is 18.9 Å². The lowest BCUT2D eigenvalue weighted by molar-refractivity contribution is 0.181. The van der Waals surface area contributed by atoms with E-state index in [4.69, 9.17) is 15.6 Å². The van der Waals surface area contributed by atoms with E-state index in [-0.39, 0.29) is 5.82 Å². The Morgan fingerprint density at radius 3 is 2.80 bits per heavy atom. The molecule has 3 heterocycles. The van der Waals surface area contributed by atoms with Gasteiger partial charge in [0, 0.05) is 59.8 Å². The number of hydrogen-bond acceptors (Lipinski definition) is 5. The first-order valence-corrected chi connectivity index (χ1v) is 12.6. The van der Waals surface area contributed by atoms with Gasteiger partial charge in [-0.1, -0.05) is 0 Å². The van der Waals surface area contributed by atoms with Gasteiger partial charge in [0.15, 0.2) is 11.6 Å². The molecule has 180 valence electrons. The van der Waals surface area contributed by atoms with Crippen LogP contribution in [-0.4, -0.2) is 24.5 Å². The number of aryl methyl sites for hydroxylation is 1. The summed E-state index contributed by atoms with van der Waals surface area (Å²) in [5.41, 5.74) is 10.1. The van der Waals surface area contributed by atoms with Crippen LogP contribution in [-0.2, 0) is 25.6 Å². The zero-order valence-corrected chi connectivity index (χ0v) is 21.0. The molecule has 9 heteroatoms. The summed E-state index contributed by atoms with van der Waals surface area (Å²) in [4.78, 5) is 4.18. The summed E-state index contributed by atoms with van der Waals surface area (Å²) in [5.74, 6) is 1.25. The summed E-state index contributed by atoms with van der Waals surface area (Å²) in [6, 6.07) is 6.65. The lowest BCUT2D eigenvalue weighted by atomic mass is 9.94. The van der Waals surface area contributed by atoms with Crippen LogP contribution >= 0.6 is 15.9 Å². The number of halogens is 2. The van der Waals surface area contributed by atoms with Crippen molar-refractivity contribution in [2.45, 2.75) is 44.2 Å². The van der Waals surface area contributed by atoms with E-state index in [9.17, 15) is 4.39 Å². The maximum atomic E-state index is 14.5. The molecule has 2 saturated carbocycles. The normalized spacial score (nSPS) is 16.4. The third-order valence-electron chi connectivity index (χ3n) is 6.71. The molecular weight excluding hydrogens is 511 g/mol. The van der Waals surface area contributed by atoms with Crippen LogP contribution in [0, 0.1) is 11.7 Å². The fourth-order valence-corrected chi connectivity index (χ4v) is 4.95. The maximum absolute atomic E-state index is 14.5. The molecule has 2 aliphatic rings. The maximum Gasteiger partial charge on any atom is 0.166 e. The molecular formula is C26H26BrFN6O. The number of nitrogens with two attached hydrogens (primary N) is 1. The summed E-state index contributed by atoms with van der Waals surface area (Å²) < 4.78 is 25.6. The van der Waals surface area contributed by atoms with E-state index in [0.717, 1.165) is 57.7 Å². The Kier molecular flexibility index (Phi) is 5.40. The lowest BCUT2D eigenvalue weighted by Gasteiger charge is -2.22. The number of benzene rings is 1. The topological polar surface area (TPSA) is 83.8 Å². The van der Waals surface area contributed by atoms with E-state index in [1.54, 1.807) is 24.4 Å². The molecule has 2 N–H and O–H groups in total. The number of aromatic nitrogens is 5. The highest BCUT2D eigenvalue weighted by Gasteiger charge is 2.49. The monoisotopic (exact) mass is 536 g/mol. The first-order chi connectivity index (χ1) is 16.9. The number of nitrogen functional groups attached to an aromatic ring is 1. The molecule has 2 aliphatic carbocycles. The molecule has 2 fully saturated rings. The number of anilines is 1. The third kappa shape index (κ3) is 4.57. The summed E-state index contributed by atoms with van der Waals surface area (Å²) in [6.45, 7) is 0.982. The fourth-order valence-electron chi connectivity index (χ4n) is 4.64. The van der Waals surface area contributed by atoms with Gasteiger partial charge >= 0.3 is 0 Å². The average molecular weight is 537 g/mol. The molecule has 0 saturated heterocycles. The summed E-state index contributed by atoms with van der Waals surface area (Å²) >= 11 is 3.43. The standard InChI is InChI=1S/C26H26BrFN6O/c1-33-15-18(8-17-11-31-34(14-17)13-16-2-3-16)24(32-33)21-5-4-20(28)10-22(21)26(6-7-26)35-23-9-19(27)12-30-25(23)29/h4-5,9-12,14-16H,2-3,6-8,13H2,1H3,(H2,29,30). The molecule has 0 bridgehead atoms. The van der Waals surface area contributed by atoms with Crippen molar-refractivity contribution < 1.29 is 9.13 Å². The number of pyridine rings is 1. The molecule has 0 radical (unpaired) electrons. The van der Waals surface area contributed by atoms with Crippen molar-refractivity contribution in [1.82, 2.24) is 24.5 Å². The van der Waals surface area contributed by atoms with Crippen molar-refractivity contribution in [3.05, 3.63) is 76.0 Å². The molecule has 0 amide bonds. The SMILES string of the molecule is Cn1cc(Cc2cnn(CC3CC3)c2)c(-c2ccc(F)cc2C2(Oc3cc(Br)cnc3N)CC2)n1. The van der Waals surface area contributed by atoms with Gasteiger partial charge < -0.3 is 10.5 Å². The second-order valence-corrected chi connectivity index (χ2v) is 10.6. The van der Waals surface area contributed by atoms with Gasteiger partial charge in [-0.25, -0.2) is 9.37 Å². The fraction of sp³-hybridized carbons (Fsp3) is 0.346. The Morgan fingerprint density at radius 2 is 2.03 bits per heavy atom. The quantitative estimate of drug-likeness (QED) is 0.333. The van der Waals surface area contributed by atoms with Crippen molar-refractivity contribution >= 4 is 21.7 Å². The van der Waals surface area contributed by atoms with Crippen molar-refractivity contribution in [3.63, 3.8) is 0 Å². The van der Waals surface area contributed by atoms with Crippen LogP contribution in [0.1, 0.15) is 42.4 Å². The molecule has 0 spiro atoms. The van der Waals surface area contributed by atoms with Gasteiger partial charge in [-0.05, 0) is 77.4 Å². The Labute approximate surface area is 211 Å². The van der Waals surface area contributed by atoms with Crippen LogP contribution in [0.4, 0.5) is 10.2 Å². The Bertz CT molecular complexity index is 1400. The number of hydrogen-bond donors (Lipinski definition) is 1. The number of nitrogens with zero attached hydrogens (tertiary/aromatic N) is 5. The minimum Gasteiger partial charge on any atom is -0.479 e. The molecule has 3 aromatic heterocycles. The molecule has 0 aliphatic heterocycles. The van der Waals surface area contributed by atoms with Crippen LogP contribution in [0.3, 0.4) is 0 Å². The van der Waals surface area contributed by atoms with E-state index < -0.39 is 5.60 Å². The van der Waals surface area contributed by atoms with E-state index >= 15 is 0 Å². The second-order valence-electron chi connectivity index (χ2n) is 9.69. The minimum atomic E-state index is -0.669. The van der Waals surface area contributed by atoms with Gasteiger partial charge in [-0.2, -0.15) is 10.2 Å². The molecule has 0 atom stereocenters. The molecule has 6 rings (SSSR count). The molecule has 7 nitrogen and oxygen atoms in total. The van der Waals surface area contributed by atoms with Crippen molar-refractivity contribution in [2.75, 3.05) is 5.73 Å². The predicted octanol–water partition coefficient (Wildman–Crippen LogP) is 5.23. The summed E-state index contributed by atoms with van der Waals surface area (Å²) in [6.07, 6.45) is 12.5. The highest BCUT2D eigenvalue weighted by molar-refractivity contribution is 9.10. The van der Waals surface area contributed by atoms with Gasteiger partial charge in [0.05, 0.1) is 11.9 Å². The molecule has 1 aromatic carbocycles. The average Bonchev–Trinajstić information content (AvgIpc) is 3.72. The van der Waals surface area contributed by atoms with Crippen LogP contribution < -0.4 is 10.5 Å². The van der Waals surface area contributed by atoms with Crippen LogP contribution in [0.2, 0.25) is 0 Å². The largest absolute Gasteiger partial charge is 0.479 e. The lowest BCUT2D eigenvalue weighted by Crippen LogP contribution is -2.18. The number of ether oxygens (including phenoxy) is 1. The van der Waals surface area contributed by atoms with Gasteiger partial charge in [-0.15, -0.1) is 0 Å². The van der Waals surface area contributed by atoms with Crippen molar-refractivity contribution in [2.24, 2.45) is 13.0 Å². The predicted molar refractivity (Wildman–Crippen MR) is 134 cm³/mol. The van der Waals surface area contributed by atoms with Gasteiger partial charge in [0.1, 0.15) is 11.4 Å². The molecule has 0 unspecified atom stereocenters. The van der Waals surface area contributed by atoms with Crippen molar-refractivity contribution in [3.8, 4) is 17.0 Å². The van der Waals surface area contributed by atoms with Gasteiger partial charge in [-0.3, -0.25) is 9.36 Å². The minimum absolute atomic E-state index is 0.305. The van der Waals surface area contributed by atoms with E-state index in [2.05, 4.69) is 32.2 Å². The van der Waals surface area contributed by atoms with Crippen LogP contribution in [0.5, 0.6) is 5.75 Å². The smallest absolute Gasteiger partial charge is 0.166 e. The number of rotatable bonds is 8. The Morgan fingerprint density at radius 1 is 1.20 bits per heavy atom. The summed E-state index contributed by atoms with van der Waals surface area (Å²) in [7, 11) is 1.91. The second kappa shape index (κ2) is 8.48. The van der Waals surface area contributed by atoms with Crippen molar-refractivity contribution in [1.29, 1.82) is 0 Å². The summed E-state index contributed by atoms with van der Waals surface area (Å²) in [5, 5.41) is 9.32. The van der Waals surface area contributed by atoms with Gasteiger partial charge in [0.2, 0.25) is 0 Å². The molecule has 4 aromatic rings. The third-order valence-corrected chi connectivity index (χ3v) is 7.15. The highest BCUT2D eigenvalue weighted by Crippen LogP contribution is 2.53. The highest BCUT2D eigenvalue weighted by atomic mass is 79.9. The molecule has 35 heavy (non-hydrogen) atoms. The first-order valence-electron chi connectivity index (χ1n) is 11.8. The van der Waals surface area contributed by atoms with Crippen LogP contribution in [0.25, 0.3) is 11.3 Å². The zero-order valence-electron chi connectivity index (χ0n) is 19.4. The van der Waals surface area contributed by atoms with E-state index in [1.807, 2.05) is 28.8 Å². The van der Waals surface area contributed by atoms with E-state index in [0.29, 0.717) is 18.0 Å². The Balaban J connectivity index is 1.35. The zero-order chi connectivity index (χ0) is 24.2.